The number of nitrogens with zero attached hydrogens (tertiary/aromatic N) is 3. The summed E-state index contributed by atoms with van der Waals surface area (Å²) in [6.45, 7) is 0. The number of amides is 1. The third-order valence-electron chi connectivity index (χ3n) is 4.08. The number of rotatable bonds is 3. The predicted octanol–water partition coefficient (Wildman–Crippen LogP) is 3.03. The van der Waals surface area contributed by atoms with E-state index < -0.39 is 10.3 Å². The van der Waals surface area contributed by atoms with E-state index in [1.807, 2.05) is 0 Å². The molecule has 1 aliphatic carbocycles. The Morgan fingerprint density at radius 2 is 1.86 bits per heavy atom. The minimum absolute atomic E-state index is 0.0211. The Labute approximate surface area is 123 Å². The second-order valence-electron chi connectivity index (χ2n) is 5.39. The summed E-state index contributed by atoms with van der Waals surface area (Å²) in [7, 11) is 1.61. The predicted molar refractivity (Wildman–Crippen MR) is 77.6 cm³/mol. The molecule has 0 aliphatic heterocycles. The van der Waals surface area contributed by atoms with Gasteiger partial charge in [-0.2, -0.15) is 5.26 Å². The molecule has 6 heteroatoms. The van der Waals surface area contributed by atoms with Gasteiger partial charge in [-0.15, -0.1) is 0 Å². The fraction of sp³-hybridized carbons (Fsp3) is 0.467. The smallest absolute Gasteiger partial charge is 0.269 e. The first-order valence-electron chi connectivity index (χ1n) is 6.94. The number of nitriles is 1. The zero-order valence-electron chi connectivity index (χ0n) is 11.9. The highest BCUT2D eigenvalue weighted by molar-refractivity contribution is 5.99. The summed E-state index contributed by atoms with van der Waals surface area (Å²) >= 11 is 0. The van der Waals surface area contributed by atoms with Gasteiger partial charge in [0.2, 0.25) is 5.91 Å². The van der Waals surface area contributed by atoms with E-state index in [0.29, 0.717) is 18.5 Å². The molecule has 1 aromatic rings. The van der Waals surface area contributed by atoms with Gasteiger partial charge in [-0.1, -0.05) is 19.3 Å². The van der Waals surface area contributed by atoms with Gasteiger partial charge in [0, 0.05) is 24.9 Å². The molecule has 0 radical (unpaired) electrons. The highest BCUT2D eigenvalue weighted by Gasteiger charge is 2.41. The van der Waals surface area contributed by atoms with Gasteiger partial charge in [0.1, 0.15) is 5.41 Å². The van der Waals surface area contributed by atoms with Gasteiger partial charge in [-0.3, -0.25) is 14.9 Å². The van der Waals surface area contributed by atoms with Crippen LogP contribution < -0.4 is 4.90 Å². The van der Waals surface area contributed by atoms with Gasteiger partial charge in [0.05, 0.1) is 11.0 Å². The van der Waals surface area contributed by atoms with Crippen LogP contribution in [-0.4, -0.2) is 17.9 Å². The SMILES string of the molecule is CN(C(=O)C1(C#N)CCCCC1)c1ccc([N+](=O)[O-])cc1. The van der Waals surface area contributed by atoms with Gasteiger partial charge in [0.25, 0.3) is 5.69 Å². The van der Waals surface area contributed by atoms with Crippen LogP contribution in [0.1, 0.15) is 32.1 Å². The number of carbonyl (C=O) groups is 1. The Balaban J connectivity index is 2.22. The fourth-order valence-electron chi connectivity index (χ4n) is 2.77. The molecule has 2 rings (SSSR count). The molecule has 0 aromatic heterocycles. The molecule has 0 bridgehead atoms. The minimum Gasteiger partial charge on any atom is -0.314 e. The maximum atomic E-state index is 12.6. The van der Waals surface area contributed by atoms with Crippen molar-refractivity contribution in [2.75, 3.05) is 11.9 Å². The van der Waals surface area contributed by atoms with E-state index in [2.05, 4.69) is 6.07 Å². The fourth-order valence-corrected chi connectivity index (χ4v) is 2.77. The number of non-ortho nitro benzene ring substituents is 1. The Morgan fingerprint density at radius 1 is 1.29 bits per heavy atom. The Bertz CT molecular complexity index is 583. The first kappa shape index (κ1) is 15.0. The van der Waals surface area contributed by atoms with Crippen LogP contribution in [0.4, 0.5) is 11.4 Å². The minimum atomic E-state index is -0.950. The third-order valence-corrected chi connectivity index (χ3v) is 4.08. The van der Waals surface area contributed by atoms with Crippen molar-refractivity contribution in [1.29, 1.82) is 5.26 Å². The quantitative estimate of drug-likeness (QED) is 0.631. The number of hydrogen-bond donors (Lipinski definition) is 0. The van der Waals surface area contributed by atoms with Crippen LogP contribution in [0.5, 0.6) is 0 Å². The number of carbonyl (C=O) groups excluding carboxylic acids is 1. The van der Waals surface area contributed by atoms with Crippen molar-refractivity contribution in [1.82, 2.24) is 0 Å². The van der Waals surface area contributed by atoms with E-state index in [9.17, 15) is 20.2 Å². The van der Waals surface area contributed by atoms with Crippen molar-refractivity contribution in [2.45, 2.75) is 32.1 Å². The topological polar surface area (TPSA) is 87.2 Å². The number of nitro groups is 1. The number of anilines is 1. The summed E-state index contributed by atoms with van der Waals surface area (Å²) in [5.41, 5.74) is -0.410. The summed E-state index contributed by atoms with van der Waals surface area (Å²) in [4.78, 5) is 24.2. The van der Waals surface area contributed by atoms with E-state index in [1.54, 1.807) is 7.05 Å². The molecule has 1 aliphatic rings. The Kier molecular flexibility index (Phi) is 4.22. The zero-order valence-corrected chi connectivity index (χ0v) is 11.9. The largest absolute Gasteiger partial charge is 0.314 e. The monoisotopic (exact) mass is 287 g/mol. The van der Waals surface area contributed by atoms with Crippen LogP contribution in [0.2, 0.25) is 0 Å². The number of benzene rings is 1. The van der Waals surface area contributed by atoms with Gasteiger partial charge in [0.15, 0.2) is 0 Å². The van der Waals surface area contributed by atoms with Crippen LogP contribution in [0.15, 0.2) is 24.3 Å². The van der Waals surface area contributed by atoms with Gasteiger partial charge >= 0.3 is 0 Å². The highest BCUT2D eigenvalue weighted by atomic mass is 16.6. The van der Waals surface area contributed by atoms with Crippen LogP contribution >= 0.6 is 0 Å². The van der Waals surface area contributed by atoms with E-state index in [0.717, 1.165) is 19.3 Å². The highest BCUT2D eigenvalue weighted by Crippen LogP contribution is 2.38. The Morgan fingerprint density at radius 3 is 2.33 bits per heavy atom. The van der Waals surface area contributed by atoms with E-state index in [4.69, 9.17) is 0 Å². The molecule has 0 unspecified atom stereocenters. The first-order chi connectivity index (χ1) is 10.00. The average Bonchev–Trinajstić information content (AvgIpc) is 2.54. The molecule has 0 saturated heterocycles. The van der Waals surface area contributed by atoms with E-state index in [1.165, 1.54) is 29.2 Å². The summed E-state index contributed by atoms with van der Waals surface area (Å²) in [6.07, 6.45) is 3.98. The molecule has 1 amide bonds. The van der Waals surface area contributed by atoms with Crippen LogP contribution in [0, 0.1) is 26.9 Å². The van der Waals surface area contributed by atoms with Crippen molar-refractivity contribution in [2.24, 2.45) is 5.41 Å². The standard InChI is InChI=1S/C15H17N3O3/c1-17(12-5-7-13(8-6-12)18(20)21)14(19)15(11-16)9-3-2-4-10-15/h5-8H,2-4,9-10H2,1H3. The van der Waals surface area contributed by atoms with Gasteiger partial charge < -0.3 is 4.90 Å². The molecule has 1 saturated carbocycles. The molecule has 0 heterocycles. The van der Waals surface area contributed by atoms with Crippen LogP contribution in [0.25, 0.3) is 0 Å². The zero-order chi connectivity index (χ0) is 15.5. The maximum Gasteiger partial charge on any atom is 0.269 e. The van der Waals surface area contributed by atoms with Crippen molar-refractivity contribution in [3.05, 3.63) is 34.4 Å². The normalized spacial score (nSPS) is 16.8. The lowest BCUT2D eigenvalue weighted by Gasteiger charge is -2.33. The molecule has 0 N–H and O–H groups in total. The van der Waals surface area contributed by atoms with Crippen molar-refractivity contribution in [3.8, 4) is 6.07 Å². The molecule has 21 heavy (non-hydrogen) atoms. The number of nitro benzene ring substituents is 1. The molecular weight excluding hydrogens is 270 g/mol. The summed E-state index contributed by atoms with van der Waals surface area (Å²) in [6, 6.07) is 7.98. The van der Waals surface area contributed by atoms with Crippen LogP contribution in [-0.2, 0) is 4.79 Å². The second-order valence-corrected chi connectivity index (χ2v) is 5.39. The molecule has 0 atom stereocenters. The lowest BCUT2D eigenvalue weighted by molar-refractivity contribution is -0.384. The van der Waals surface area contributed by atoms with Gasteiger partial charge in [-0.05, 0) is 25.0 Å². The van der Waals surface area contributed by atoms with Crippen molar-refractivity contribution < 1.29 is 9.72 Å². The van der Waals surface area contributed by atoms with Gasteiger partial charge in [-0.25, -0.2) is 0 Å². The molecular formula is C15H17N3O3. The lowest BCUT2D eigenvalue weighted by atomic mass is 9.74. The summed E-state index contributed by atoms with van der Waals surface area (Å²) in [5.74, 6) is -0.224. The second kappa shape index (κ2) is 5.92. The Hall–Kier alpha value is -2.42. The molecule has 0 spiro atoms. The van der Waals surface area contributed by atoms with Crippen molar-refractivity contribution in [3.63, 3.8) is 0 Å². The maximum absolute atomic E-state index is 12.6. The number of hydrogen-bond acceptors (Lipinski definition) is 4. The first-order valence-corrected chi connectivity index (χ1v) is 6.94. The molecule has 110 valence electrons. The van der Waals surface area contributed by atoms with E-state index >= 15 is 0 Å². The average molecular weight is 287 g/mol. The van der Waals surface area contributed by atoms with Crippen LogP contribution in [0.3, 0.4) is 0 Å². The third kappa shape index (κ3) is 2.87. The lowest BCUT2D eigenvalue weighted by Crippen LogP contribution is -2.42. The molecule has 1 fully saturated rings. The molecule has 1 aromatic carbocycles. The van der Waals surface area contributed by atoms with E-state index in [-0.39, 0.29) is 11.6 Å². The summed E-state index contributed by atoms with van der Waals surface area (Å²) in [5, 5.41) is 20.1. The van der Waals surface area contributed by atoms with Crippen molar-refractivity contribution >= 4 is 17.3 Å². The summed E-state index contributed by atoms with van der Waals surface area (Å²) < 4.78 is 0. The molecule has 6 nitrogen and oxygen atoms in total.